The van der Waals surface area contributed by atoms with Crippen LogP contribution in [0.3, 0.4) is 0 Å². The molecule has 0 aliphatic rings. The van der Waals surface area contributed by atoms with Crippen LogP contribution in [0.1, 0.15) is 69.7 Å². The van der Waals surface area contributed by atoms with E-state index >= 15 is 0 Å². The Bertz CT molecular complexity index is 259. The second-order valence-electron chi connectivity index (χ2n) is 4.57. The zero-order valence-corrected chi connectivity index (χ0v) is 12.1. The predicted molar refractivity (Wildman–Crippen MR) is 76.5 cm³/mol. The molecule has 1 unspecified atom stereocenters. The first-order valence-electron chi connectivity index (χ1n) is 7.00. The lowest BCUT2D eigenvalue weighted by molar-refractivity contribution is 0.482. The van der Waals surface area contributed by atoms with Crippen LogP contribution in [0, 0.1) is 0 Å². The summed E-state index contributed by atoms with van der Waals surface area (Å²) in [5.74, 6) is 0. The maximum atomic E-state index is 4.17. The normalized spacial score (nSPS) is 12.8. The fourth-order valence-corrected chi connectivity index (χ4v) is 2.85. The van der Waals surface area contributed by atoms with Crippen LogP contribution >= 0.6 is 11.3 Å². The minimum atomic E-state index is 0.527. The summed E-state index contributed by atoms with van der Waals surface area (Å²) in [6.45, 7) is 5.48. The Kier molecular flexibility index (Phi) is 8.28. The van der Waals surface area contributed by atoms with Gasteiger partial charge in [-0.1, -0.05) is 52.4 Å². The molecule has 1 aromatic heterocycles. The topological polar surface area (TPSA) is 24.9 Å². The van der Waals surface area contributed by atoms with Crippen LogP contribution in [0.25, 0.3) is 0 Å². The van der Waals surface area contributed by atoms with E-state index < -0.39 is 0 Å². The van der Waals surface area contributed by atoms with E-state index in [1.807, 2.05) is 11.7 Å². The fraction of sp³-hybridized carbons (Fsp3) is 0.786. The molecule has 3 heteroatoms. The Balaban J connectivity index is 2.17. The smallest absolute Gasteiger partial charge is 0.0794 e. The number of nitrogens with one attached hydrogen (secondary N) is 1. The van der Waals surface area contributed by atoms with Gasteiger partial charge in [-0.15, -0.1) is 11.3 Å². The maximum Gasteiger partial charge on any atom is 0.0794 e. The van der Waals surface area contributed by atoms with Gasteiger partial charge in [0.05, 0.1) is 5.51 Å². The molecule has 0 spiro atoms. The highest BCUT2D eigenvalue weighted by Gasteiger charge is 2.10. The molecule has 0 aromatic carbocycles. The summed E-state index contributed by atoms with van der Waals surface area (Å²) in [4.78, 5) is 5.56. The molecule has 0 aliphatic heterocycles. The highest BCUT2D eigenvalue weighted by molar-refractivity contribution is 7.09. The van der Waals surface area contributed by atoms with Gasteiger partial charge < -0.3 is 5.32 Å². The van der Waals surface area contributed by atoms with Gasteiger partial charge in [0.2, 0.25) is 0 Å². The second-order valence-corrected chi connectivity index (χ2v) is 5.49. The van der Waals surface area contributed by atoms with Crippen molar-refractivity contribution in [2.24, 2.45) is 0 Å². The molecule has 1 heterocycles. The Morgan fingerprint density at radius 2 is 1.94 bits per heavy atom. The summed E-state index contributed by atoms with van der Waals surface area (Å²) >= 11 is 1.77. The van der Waals surface area contributed by atoms with E-state index in [0.29, 0.717) is 6.04 Å². The van der Waals surface area contributed by atoms with E-state index in [-0.39, 0.29) is 0 Å². The number of thiazole rings is 1. The van der Waals surface area contributed by atoms with Gasteiger partial charge in [0.15, 0.2) is 0 Å². The first kappa shape index (κ1) is 14.7. The quantitative estimate of drug-likeness (QED) is 0.620. The molecule has 1 atom stereocenters. The van der Waals surface area contributed by atoms with Crippen molar-refractivity contribution in [3.05, 3.63) is 16.6 Å². The van der Waals surface area contributed by atoms with Gasteiger partial charge >= 0.3 is 0 Å². The summed E-state index contributed by atoms with van der Waals surface area (Å²) in [5.41, 5.74) is 1.93. The van der Waals surface area contributed by atoms with Crippen LogP contribution < -0.4 is 5.32 Å². The monoisotopic (exact) mass is 254 g/mol. The van der Waals surface area contributed by atoms with Gasteiger partial charge in [0.25, 0.3) is 0 Å². The zero-order valence-electron chi connectivity index (χ0n) is 11.2. The third-order valence-corrected chi connectivity index (χ3v) is 3.98. The lowest BCUT2D eigenvalue weighted by atomic mass is 10.0. The number of unbranched alkanes of at least 4 members (excludes halogenated alkanes) is 5. The molecular weight excluding hydrogens is 228 g/mol. The average Bonchev–Trinajstić information content (AvgIpc) is 2.86. The van der Waals surface area contributed by atoms with E-state index in [9.17, 15) is 0 Å². The van der Waals surface area contributed by atoms with Gasteiger partial charge in [-0.25, -0.2) is 0 Å². The van der Waals surface area contributed by atoms with Crippen molar-refractivity contribution in [3.63, 3.8) is 0 Å². The lowest BCUT2D eigenvalue weighted by Crippen LogP contribution is -2.19. The minimum Gasteiger partial charge on any atom is -0.309 e. The number of hydrogen-bond donors (Lipinski definition) is 1. The standard InChI is InChI=1S/C14H26N2S/c1-3-5-6-7-8-9-10-13(16-4-2)14-11-15-12-17-14/h11-13,16H,3-10H2,1-2H3. The maximum absolute atomic E-state index is 4.17. The summed E-state index contributed by atoms with van der Waals surface area (Å²) in [6.07, 6.45) is 11.5. The van der Waals surface area contributed by atoms with Gasteiger partial charge in [-0.05, 0) is 13.0 Å². The van der Waals surface area contributed by atoms with E-state index in [2.05, 4.69) is 24.1 Å². The molecule has 1 aromatic rings. The molecule has 1 rings (SSSR count). The molecule has 98 valence electrons. The minimum absolute atomic E-state index is 0.527. The molecule has 0 saturated heterocycles. The largest absolute Gasteiger partial charge is 0.309 e. The van der Waals surface area contributed by atoms with Crippen molar-refractivity contribution in [3.8, 4) is 0 Å². The number of hydrogen-bond acceptors (Lipinski definition) is 3. The van der Waals surface area contributed by atoms with Crippen molar-refractivity contribution in [2.45, 2.75) is 64.8 Å². The van der Waals surface area contributed by atoms with E-state index in [1.165, 1.54) is 49.8 Å². The highest BCUT2D eigenvalue weighted by Crippen LogP contribution is 2.23. The van der Waals surface area contributed by atoms with Crippen LogP contribution in [0.2, 0.25) is 0 Å². The summed E-state index contributed by atoms with van der Waals surface area (Å²) in [7, 11) is 0. The van der Waals surface area contributed by atoms with Gasteiger partial charge in [0.1, 0.15) is 0 Å². The lowest BCUT2D eigenvalue weighted by Gasteiger charge is -2.15. The number of rotatable bonds is 10. The summed E-state index contributed by atoms with van der Waals surface area (Å²) in [5, 5.41) is 3.56. The summed E-state index contributed by atoms with van der Waals surface area (Å²) in [6, 6.07) is 0.527. The Morgan fingerprint density at radius 1 is 1.18 bits per heavy atom. The molecule has 0 aliphatic carbocycles. The van der Waals surface area contributed by atoms with E-state index in [1.54, 1.807) is 11.3 Å². The van der Waals surface area contributed by atoms with Crippen LogP contribution in [-0.4, -0.2) is 11.5 Å². The van der Waals surface area contributed by atoms with Crippen LogP contribution in [0.15, 0.2) is 11.7 Å². The highest BCUT2D eigenvalue weighted by atomic mass is 32.1. The molecule has 1 N–H and O–H groups in total. The summed E-state index contributed by atoms with van der Waals surface area (Å²) < 4.78 is 0. The van der Waals surface area contributed by atoms with E-state index in [4.69, 9.17) is 0 Å². The third-order valence-electron chi connectivity index (χ3n) is 3.09. The van der Waals surface area contributed by atoms with Crippen LogP contribution in [0.5, 0.6) is 0 Å². The molecule has 0 amide bonds. The molecular formula is C14H26N2S. The number of nitrogens with zero attached hydrogens (tertiary/aromatic N) is 1. The van der Waals surface area contributed by atoms with Gasteiger partial charge in [-0.3, -0.25) is 4.98 Å². The fourth-order valence-electron chi connectivity index (χ4n) is 2.12. The van der Waals surface area contributed by atoms with E-state index in [0.717, 1.165) is 6.54 Å². The van der Waals surface area contributed by atoms with Crippen molar-refractivity contribution in [1.82, 2.24) is 10.3 Å². The van der Waals surface area contributed by atoms with Crippen LogP contribution in [0.4, 0.5) is 0 Å². The Morgan fingerprint density at radius 3 is 2.59 bits per heavy atom. The van der Waals surface area contributed by atoms with Crippen molar-refractivity contribution >= 4 is 11.3 Å². The van der Waals surface area contributed by atoms with Gasteiger partial charge in [0, 0.05) is 17.1 Å². The molecule has 0 radical (unpaired) electrons. The van der Waals surface area contributed by atoms with Crippen molar-refractivity contribution in [1.29, 1.82) is 0 Å². The van der Waals surface area contributed by atoms with Crippen LogP contribution in [-0.2, 0) is 0 Å². The Labute approximate surface area is 110 Å². The Hall–Kier alpha value is -0.410. The SMILES string of the molecule is CCCCCCCCC(NCC)c1cncs1. The van der Waals surface area contributed by atoms with Crippen molar-refractivity contribution in [2.75, 3.05) is 6.54 Å². The molecule has 0 saturated carbocycles. The molecule has 0 fully saturated rings. The number of aromatic nitrogens is 1. The molecule has 17 heavy (non-hydrogen) atoms. The third kappa shape index (κ3) is 6.18. The average molecular weight is 254 g/mol. The predicted octanol–water partition coefficient (Wildman–Crippen LogP) is 4.54. The molecule has 0 bridgehead atoms. The van der Waals surface area contributed by atoms with Gasteiger partial charge in [-0.2, -0.15) is 0 Å². The van der Waals surface area contributed by atoms with Crippen molar-refractivity contribution < 1.29 is 0 Å². The zero-order chi connectivity index (χ0) is 12.3. The first-order valence-corrected chi connectivity index (χ1v) is 7.88. The second kappa shape index (κ2) is 9.60. The first-order chi connectivity index (χ1) is 8.38. The molecule has 2 nitrogen and oxygen atoms in total.